The molecule has 9 heteroatoms. The van der Waals surface area contributed by atoms with E-state index in [1.807, 2.05) is 6.20 Å². The number of aromatic nitrogens is 5. The maximum Gasteiger partial charge on any atom is 0.181 e. The molecular formula is C19H20Cl2N6O. The average Bonchev–Trinajstić information content (AvgIpc) is 3.28. The van der Waals surface area contributed by atoms with E-state index in [-0.39, 0.29) is 5.15 Å². The van der Waals surface area contributed by atoms with Crippen molar-refractivity contribution >= 4 is 40.2 Å². The van der Waals surface area contributed by atoms with Crippen LogP contribution in [0.4, 0.5) is 5.82 Å². The van der Waals surface area contributed by atoms with Gasteiger partial charge in [-0.3, -0.25) is 0 Å². The Hall–Kier alpha value is -1.96. The molecule has 146 valence electrons. The summed E-state index contributed by atoms with van der Waals surface area (Å²) in [5.74, 6) is 0.882. The molecule has 0 N–H and O–H groups in total. The topological polar surface area (TPSA) is 69.0 Å². The lowest BCUT2D eigenvalue weighted by Crippen LogP contribution is -2.41. The number of ether oxygens (including phenoxy) is 1. The highest BCUT2D eigenvalue weighted by atomic mass is 35.5. The van der Waals surface area contributed by atoms with E-state index in [2.05, 4.69) is 26.9 Å². The number of halogens is 2. The molecule has 0 aromatic carbocycles. The van der Waals surface area contributed by atoms with Crippen LogP contribution in [0.25, 0.3) is 16.9 Å². The summed E-state index contributed by atoms with van der Waals surface area (Å²) >= 11 is 12.3. The highest BCUT2D eigenvalue weighted by molar-refractivity contribution is 6.42. The number of pyridine rings is 1. The van der Waals surface area contributed by atoms with Crippen LogP contribution in [-0.2, 0) is 4.74 Å². The van der Waals surface area contributed by atoms with Crippen molar-refractivity contribution in [3.8, 4) is 5.69 Å². The molecule has 0 radical (unpaired) electrons. The third-order valence-corrected chi connectivity index (χ3v) is 6.62. The standard InChI is InChI=1S/C19H20Cl2N6O/c1-12-8-19(11-28-12)3-6-26(7-4-19)15-10-23-18-13(25-15)9-24-27(18)14-2-5-22-17(21)16(14)20/h2,5,9-10,12H,3-4,6-8,11H2,1H3/t12-/m0/s1. The van der Waals surface area contributed by atoms with Crippen LogP contribution in [0.15, 0.2) is 24.7 Å². The van der Waals surface area contributed by atoms with Crippen molar-refractivity contribution in [2.24, 2.45) is 5.41 Å². The number of hydrogen-bond donors (Lipinski definition) is 0. The second-order valence-electron chi connectivity index (χ2n) is 7.74. The van der Waals surface area contributed by atoms with E-state index < -0.39 is 0 Å². The molecule has 0 bridgehead atoms. The van der Waals surface area contributed by atoms with Crippen molar-refractivity contribution in [3.63, 3.8) is 0 Å². The minimum Gasteiger partial charge on any atom is -0.378 e. The normalized spacial score (nSPS) is 21.7. The van der Waals surface area contributed by atoms with Gasteiger partial charge in [0, 0.05) is 19.3 Å². The molecule has 2 aliphatic rings. The van der Waals surface area contributed by atoms with Gasteiger partial charge in [0.25, 0.3) is 0 Å². The van der Waals surface area contributed by atoms with Gasteiger partial charge in [-0.05, 0) is 37.7 Å². The van der Waals surface area contributed by atoms with Crippen molar-refractivity contribution < 1.29 is 4.74 Å². The van der Waals surface area contributed by atoms with Gasteiger partial charge >= 0.3 is 0 Å². The Labute approximate surface area is 172 Å². The zero-order chi connectivity index (χ0) is 19.3. The molecule has 2 fully saturated rings. The fourth-order valence-corrected chi connectivity index (χ4v) is 4.66. The first-order chi connectivity index (χ1) is 13.5. The quantitative estimate of drug-likeness (QED) is 0.587. The number of nitrogens with zero attached hydrogens (tertiary/aromatic N) is 6. The van der Waals surface area contributed by atoms with E-state index in [1.54, 1.807) is 23.1 Å². The largest absolute Gasteiger partial charge is 0.378 e. The second kappa shape index (κ2) is 6.83. The third kappa shape index (κ3) is 3.02. The van der Waals surface area contributed by atoms with Crippen molar-refractivity contribution in [3.05, 3.63) is 34.8 Å². The fraction of sp³-hybridized carbons (Fsp3) is 0.474. The van der Waals surface area contributed by atoms with E-state index in [9.17, 15) is 0 Å². The van der Waals surface area contributed by atoms with Crippen LogP contribution in [0.3, 0.4) is 0 Å². The van der Waals surface area contributed by atoms with Crippen LogP contribution in [0.1, 0.15) is 26.2 Å². The average molecular weight is 419 g/mol. The molecule has 3 aromatic rings. The van der Waals surface area contributed by atoms with Gasteiger partial charge in [-0.25, -0.2) is 19.6 Å². The number of rotatable bonds is 2. The zero-order valence-corrected chi connectivity index (χ0v) is 17.0. The summed E-state index contributed by atoms with van der Waals surface area (Å²) in [7, 11) is 0. The van der Waals surface area contributed by atoms with Crippen molar-refractivity contribution in [2.45, 2.75) is 32.3 Å². The molecular weight excluding hydrogens is 399 g/mol. The van der Waals surface area contributed by atoms with Crippen LogP contribution in [0.5, 0.6) is 0 Å². The monoisotopic (exact) mass is 418 g/mol. The highest BCUT2D eigenvalue weighted by Gasteiger charge is 2.41. The maximum absolute atomic E-state index is 6.29. The highest BCUT2D eigenvalue weighted by Crippen LogP contribution is 2.42. The van der Waals surface area contributed by atoms with Gasteiger partial charge in [-0.2, -0.15) is 5.10 Å². The number of anilines is 1. The van der Waals surface area contributed by atoms with Crippen LogP contribution in [0.2, 0.25) is 10.2 Å². The molecule has 3 aromatic heterocycles. The lowest BCUT2D eigenvalue weighted by Gasteiger charge is -2.38. The van der Waals surface area contributed by atoms with Gasteiger partial charge < -0.3 is 9.64 Å². The van der Waals surface area contributed by atoms with Crippen molar-refractivity contribution in [1.29, 1.82) is 0 Å². The molecule has 28 heavy (non-hydrogen) atoms. The molecule has 2 aliphatic heterocycles. The van der Waals surface area contributed by atoms with E-state index in [4.69, 9.17) is 32.9 Å². The van der Waals surface area contributed by atoms with Gasteiger partial charge in [0.05, 0.1) is 30.8 Å². The lowest BCUT2D eigenvalue weighted by atomic mass is 9.77. The number of piperidine rings is 1. The fourth-order valence-electron chi connectivity index (χ4n) is 4.31. The Morgan fingerprint density at radius 1 is 1.18 bits per heavy atom. The first-order valence-electron chi connectivity index (χ1n) is 9.42. The van der Waals surface area contributed by atoms with Gasteiger partial charge in [-0.15, -0.1) is 0 Å². The van der Waals surface area contributed by atoms with E-state index in [1.165, 1.54) is 0 Å². The SMILES string of the molecule is C[C@H]1CC2(CCN(c3cnc4c(cnn4-c4ccnc(Cl)c4Cl)n3)CC2)CO1. The summed E-state index contributed by atoms with van der Waals surface area (Å²) < 4.78 is 7.47. The summed E-state index contributed by atoms with van der Waals surface area (Å²) in [5.41, 5.74) is 2.34. The minimum absolute atomic E-state index is 0.236. The zero-order valence-electron chi connectivity index (χ0n) is 15.5. The Morgan fingerprint density at radius 3 is 2.75 bits per heavy atom. The Kier molecular flexibility index (Phi) is 4.41. The van der Waals surface area contributed by atoms with Gasteiger partial charge in [0.1, 0.15) is 21.5 Å². The predicted molar refractivity (Wildman–Crippen MR) is 108 cm³/mol. The summed E-state index contributed by atoms with van der Waals surface area (Å²) in [6, 6.07) is 1.75. The van der Waals surface area contributed by atoms with Crippen LogP contribution in [0, 0.1) is 5.41 Å². The summed E-state index contributed by atoms with van der Waals surface area (Å²) in [6.07, 6.45) is 8.89. The van der Waals surface area contributed by atoms with Crippen LogP contribution in [-0.4, -0.2) is 50.5 Å². The van der Waals surface area contributed by atoms with Gasteiger partial charge in [0.2, 0.25) is 0 Å². The smallest absolute Gasteiger partial charge is 0.181 e. The Balaban J connectivity index is 1.40. The molecule has 1 spiro atoms. The first-order valence-corrected chi connectivity index (χ1v) is 10.2. The lowest BCUT2D eigenvalue weighted by molar-refractivity contribution is 0.0976. The predicted octanol–water partition coefficient (Wildman–Crippen LogP) is 3.91. The van der Waals surface area contributed by atoms with Crippen LogP contribution < -0.4 is 4.90 Å². The summed E-state index contributed by atoms with van der Waals surface area (Å²) in [4.78, 5) is 15.7. The van der Waals surface area contributed by atoms with Crippen molar-refractivity contribution in [1.82, 2.24) is 24.7 Å². The summed E-state index contributed by atoms with van der Waals surface area (Å²) in [5, 5.41) is 4.98. The minimum atomic E-state index is 0.236. The van der Waals surface area contributed by atoms with E-state index >= 15 is 0 Å². The summed E-state index contributed by atoms with van der Waals surface area (Å²) in [6.45, 7) is 4.99. The van der Waals surface area contributed by atoms with E-state index in [0.29, 0.717) is 27.9 Å². The van der Waals surface area contributed by atoms with Crippen molar-refractivity contribution in [2.75, 3.05) is 24.6 Å². The molecule has 7 nitrogen and oxygen atoms in total. The molecule has 0 saturated carbocycles. The van der Waals surface area contributed by atoms with Gasteiger partial charge in [0.15, 0.2) is 5.65 Å². The Morgan fingerprint density at radius 2 is 2.00 bits per heavy atom. The third-order valence-electron chi connectivity index (χ3n) is 5.86. The molecule has 0 aliphatic carbocycles. The maximum atomic E-state index is 6.29. The van der Waals surface area contributed by atoms with Crippen LogP contribution >= 0.6 is 23.2 Å². The molecule has 0 unspecified atom stereocenters. The van der Waals surface area contributed by atoms with Gasteiger partial charge in [-0.1, -0.05) is 23.2 Å². The molecule has 5 rings (SSSR count). The first kappa shape index (κ1) is 18.1. The van der Waals surface area contributed by atoms with E-state index in [0.717, 1.165) is 50.3 Å². The molecule has 1 atom stereocenters. The Bertz CT molecular complexity index is 1030. The number of fused-ring (bicyclic) bond motifs is 1. The molecule has 5 heterocycles. The molecule has 2 saturated heterocycles. The second-order valence-corrected chi connectivity index (χ2v) is 8.48. The molecule has 0 amide bonds. The number of hydrogen-bond acceptors (Lipinski definition) is 6.